The van der Waals surface area contributed by atoms with Crippen LogP contribution in [0, 0.1) is 22.7 Å². The SMILES string of the molecule is CCc1c(C#N)c(SC([C]=O)c2ccc(Cl)cc2)nc(N(C)C)c1C#N. The van der Waals surface area contributed by atoms with Gasteiger partial charge in [0.25, 0.3) is 0 Å². The Kier molecular flexibility index (Phi) is 6.63. The molecule has 0 saturated heterocycles. The molecule has 0 N–H and O–H groups in total. The van der Waals surface area contributed by atoms with Crippen LogP contribution in [0.2, 0.25) is 5.02 Å². The highest BCUT2D eigenvalue weighted by Gasteiger charge is 2.23. The molecule has 0 aliphatic heterocycles. The number of hydrogen-bond donors (Lipinski definition) is 0. The van der Waals surface area contributed by atoms with Crippen LogP contribution in [0.3, 0.4) is 0 Å². The number of benzene rings is 1. The summed E-state index contributed by atoms with van der Waals surface area (Å²) in [7, 11) is 3.57. The zero-order valence-electron chi connectivity index (χ0n) is 14.6. The monoisotopic (exact) mass is 383 g/mol. The van der Waals surface area contributed by atoms with Crippen molar-refractivity contribution in [2.45, 2.75) is 23.6 Å². The number of nitrogens with zero attached hydrogens (tertiary/aromatic N) is 4. The van der Waals surface area contributed by atoms with Crippen LogP contribution in [-0.4, -0.2) is 25.4 Å². The molecule has 7 heteroatoms. The summed E-state index contributed by atoms with van der Waals surface area (Å²) in [6.07, 6.45) is 2.51. The maximum absolute atomic E-state index is 11.5. The summed E-state index contributed by atoms with van der Waals surface area (Å²) in [6.45, 7) is 1.88. The topological polar surface area (TPSA) is 80.8 Å². The Balaban J connectivity index is 2.59. The van der Waals surface area contributed by atoms with Gasteiger partial charge in [-0.25, -0.2) is 4.98 Å². The lowest BCUT2D eigenvalue weighted by molar-refractivity contribution is 0.554. The van der Waals surface area contributed by atoms with E-state index in [9.17, 15) is 15.3 Å². The minimum atomic E-state index is -0.653. The summed E-state index contributed by atoms with van der Waals surface area (Å²) in [5, 5.41) is 19.5. The maximum atomic E-state index is 11.5. The lowest BCUT2D eigenvalue weighted by atomic mass is 10.0. The Hall–Kier alpha value is -2.54. The quantitative estimate of drug-likeness (QED) is 0.700. The average molecular weight is 384 g/mol. The third-order valence-electron chi connectivity index (χ3n) is 3.76. The number of halogens is 1. The minimum absolute atomic E-state index is 0.328. The summed E-state index contributed by atoms with van der Waals surface area (Å²) < 4.78 is 0. The van der Waals surface area contributed by atoms with Crippen LogP contribution in [0.1, 0.15) is 34.4 Å². The smallest absolute Gasteiger partial charge is 0.217 e. The predicted octanol–water partition coefficient (Wildman–Crippen LogP) is 4.05. The van der Waals surface area contributed by atoms with Gasteiger partial charge in [-0.05, 0) is 29.7 Å². The number of pyridine rings is 1. The lowest BCUT2D eigenvalue weighted by Crippen LogP contribution is -2.16. The molecule has 0 aliphatic rings. The highest BCUT2D eigenvalue weighted by molar-refractivity contribution is 8.00. The van der Waals surface area contributed by atoms with E-state index >= 15 is 0 Å². The van der Waals surface area contributed by atoms with Crippen molar-refractivity contribution < 1.29 is 4.79 Å². The Bertz CT molecular complexity index is 898. The largest absolute Gasteiger partial charge is 0.362 e. The van der Waals surface area contributed by atoms with E-state index in [1.807, 2.05) is 13.2 Å². The van der Waals surface area contributed by atoms with E-state index in [0.29, 0.717) is 44.5 Å². The molecule has 1 atom stereocenters. The molecule has 1 unspecified atom stereocenters. The Morgan fingerprint density at radius 2 is 1.81 bits per heavy atom. The van der Waals surface area contributed by atoms with Crippen LogP contribution in [0.5, 0.6) is 0 Å². The normalized spacial score (nSPS) is 11.3. The van der Waals surface area contributed by atoms with Gasteiger partial charge in [-0.1, -0.05) is 42.4 Å². The number of nitriles is 2. The molecule has 0 saturated carbocycles. The van der Waals surface area contributed by atoms with Crippen molar-refractivity contribution in [3.05, 3.63) is 51.5 Å². The van der Waals surface area contributed by atoms with Crippen LogP contribution < -0.4 is 4.90 Å². The molecular weight excluding hydrogens is 368 g/mol. The van der Waals surface area contributed by atoms with E-state index < -0.39 is 5.25 Å². The number of carbonyl (C=O) groups excluding carboxylic acids is 1. The van der Waals surface area contributed by atoms with Crippen molar-refractivity contribution >= 4 is 35.5 Å². The van der Waals surface area contributed by atoms with Gasteiger partial charge in [0, 0.05) is 19.1 Å². The second kappa shape index (κ2) is 8.71. The first kappa shape index (κ1) is 19.8. The van der Waals surface area contributed by atoms with Crippen LogP contribution >= 0.6 is 23.4 Å². The highest BCUT2D eigenvalue weighted by Crippen LogP contribution is 2.38. The molecule has 1 aromatic heterocycles. The van der Waals surface area contributed by atoms with Gasteiger partial charge >= 0.3 is 0 Å². The Labute approximate surface area is 162 Å². The molecule has 0 amide bonds. The van der Waals surface area contributed by atoms with Gasteiger partial charge in [-0.3, -0.25) is 4.79 Å². The number of aromatic nitrogens is 1. The Morgan fingerprint density at radius 3 is 2.27 bits per heavy atom. The van der Waals surface area contributed by atoms with E-state index in [1.54, 1.807) is 43.3 Å². The van der Waals surface area contributed by atoms with E-state index in [0.717, 1.165) is 11.8 Å². The third kappa shape index (κ3) is 3.99. The van der Waals surface area contributed by atoms with Gasteiger partial charge in [0.1, 0.15) is 28.2 Å². The summed E-state index contributed by atoms with van der Waals surface area (Å²) in [5.41, 5.74) is 2.07. The summed E-state index contributed by atoms with van der Waals surface area (Å²) in [5.74, 6) is 0.478. The molecule has 131 valence electrons. The second-order valence-electron chi connectivity index (χ2n) is 5.61. The van der Waals surface area contributed by atoms with Crippen molar-refractivity contribution in [2.24, 2.45) is 0 Å². The van der Waals surface area contributed by atoms with Gasteiger partial charge < -0.3 is 4.90 Å². The van der Waals surface area contributed by atoms with Crippen LogP contribution in [-0.2, 0) is 11.2 Å². The molecule has 0 fully saturated rings. The van der Waals surface area contributed by atoms with Crippen LogP contribution in [0.4, 0.5) is 5.82 Å². The van der Waals surface area contributed by atoms with Crippen molar-refractivity contribution in [1.82, 2.24) is 4.98 Å². The van der Waals surface area contributed by atoms with Crippen molar-refractivity contribution in [3.8, 4) is 12.1 Å². The van der Waals surface area contributed by atoms with Gasteiger partial charge in [0.2, 0.25) is 6.29 Å². The molecule has 1 radical (unpaired) electrons. The fourth-order valence-corrected chi connectivity index (χ4v) is 3.62. The van der Waals surface area contributed by atoms with Crippen molar-refractivity contribution in [1.29, 1.82) is 10.5 Å². The fourth-order valence-electron chi connectivity index (χ4n) is 2.50. The zero-order valence-corrected chi connectivity index (χ0v) is 16.1. The fraction of sp³-hybridized carbons (Fsp3) is 0.263. The molecule has 2 aromatic rings. The Morgan fingerprint density at radius 1 is 1.19 bits per heavy atom. The molecule has 5 nitrogen and oxygen atoms in total. The molecular formula is C19H16ClN4OS. The van der Waals surface area contributed by atoms with E-state index in [4.69, 9.17) is 11.6 Å². The second-order valence-corrected chi connectivity index (χ2v) is 7.14. The molecule has 2 rings (SSSR count). The summed E-state index contributed by atoms with van der Waals surface area (Å²) in [6, 6.07) is 11.2. The third-order valence-corrected chi connectivity index (χ3v) is 5.13. The lowest BCUT2D eigenvalue weighted by Gasteiger charge is -2.19. The molecule has 1 heterocycles. The molecule has 0 bridgehead atoms. The number of anilines is 1. The maximum Gasteiger partial charge on any atom is 0.217 e. The van der Waals surface area contributed by atoms with Gasteiger partial charge in [-0.15, -0.1) is 0 Å². The van der Waals surface area contributed by atoms with Gasteiger partial charge in [0.15, 0.2) is 0 Å². The van der Waals surface area contributed by atoms with E-state index in [2.05, 4.69) is 17.1 Å². The van der Waals surface area contributed by atoms with Crippen molar-refractivity contribution in [3.63, 3.8) is 0 Å². The van der Waals surface area contributed by atoms with E-state index in [1.165, 1.54) is 0 Å². The summed E-state index contributed by atoms with van der Waals surface area (Å²) >= 11 is 7.04. The molecule has 0 spiro atoms. The number of thioether (sulfide) groups is 1. The minimum Gasteiger partial charge on any atom is -0.362 e. The molecule has 1 aromatic carbocycles. The standard InChI is InChI=1S/C19H16ClN4OS/c1-4-14-15(9-21)18(24(2)3)23-19(16(14)10-22)26-17(11-25)12-5-7-13(20)8-6-12/h5-8,17H,4H2,1-3H3. The predicted molar refractivity (Wildman–Crippen MR) is 103 cm³/mol. The highest BCUT2D eigenvalue weighted by atomic mass is 35.5. The number of rotatable bonds is 6. The molecule has 0 aliphatic carbocycles. The molecule has 26 heavy (non-hydrogen) atoms. The number of hydrogen-bond acceptors (Lipinski definition) is 6. The van der Waals surface area contributed by atoms with Gasteiger partial charge in [-0.2, -0.15) is 10.5 Å². The van der Waals surface area contributed by atoms with E-state index in [-0.39, 0.29) is 0 Å². The van der Waals surface area contributed by atoms with Crippen LogP contribution in [0.15, 0.2) is 29.3 Å². The average Bonchev–Trinajstić information content (AvgIpc) is 2.65. The van der Waals surface area contributed by atoms with Crippen molar-refractivity contribution in [2.75, 3.05) is 19.0 Å². The first-order valence-corrected chi connectivity index (χ1v) is 9.06. The summed E-state index contributed by atoms with van der Waals surface area (Å²) in [4.78, 5) is 17.8. The van der Waals surface area contributed by atoms with Gasteiger partial charge in [0.05, 0.1) is 11.1 Å². The zero-order chi connectivity index (χ0) is 19.3. The first-order valence-electron chi connectivity index (χ1n) is 7.80. The first-order chi connectivity index (χ1) is 12.5. The van der Waals surface area contributed by atoms with Crippen LogP contribution in [0.25, 0.3) is 0 Å².